The molecule has 2 rings (SSSR count). The normalized spacial score (nSPS) is 16.9. The summed E-state index contributed by atoms with van der Waals surface area (Å²) in [7, 11) is -2.97. The fourth-order valence-electron chi connectivity index (χ4n) is 2.23. The van der Waals surface area contributed by atoms with Crippen LogP contribution in [0.15, 0.2) is 24.3 Å². The largest absolute Gasteiger partial charge is 0.312 e. The summed E-state index contributed by atoms with van der Waals surface area (Å²) in [6, 6.07) is 7.67. The zero-order chi connectivity index (χ0) is 14.8. The predicted molar refractivity (Wildman–Crippen MR) is 79.4 cm³/mol. The van der Waals surface area contributed by atoms with E-state index in [1.165, 1.54) is 6.26 Å². The molecule has 1 amide bonds. The maximum Gasteiger partial charge on any atom is 0.228 e. The monoisotopic (exact) mass is 296 g/mol. The van der Waals surface area contributed by atoms with Gasteiger partial charge in [-0.2, -0.15) is 0 Å². The van der Waals surface area contributed by atoms with Gasteiger partial charge in [0.05, 0.1) is 5.75 Å². The van der Waals surface area contributed by atoms with Crippen molar-refractivity contribution in [3.63, 3.8) is 0 Å². The van der Waals surface area contributed by atoms with Crippen molar-refractivity contribution in [1.82, 2.24) is 5.32 Å². The number of nitrogens with one attached hydrogen (secondary N) is 1. The van der Waals surface area contributed by atoms with Crippen molar-refractivity contribution in [3.8, 4) is 0 Å². The highest BCUT2D eigenvalue weighted by atomic mass is 32.2. The van der Waals surface area contributed by atoms with Crippen molar-refractivity contribution >= 4 is 21.4 Å². The van der Waals surface area contributed by atoms with Gasteiger partial charge in [-0.1, -0.05) is 12.1 Å². The predicted octanol–water partition coefficient (Wildman–Crippen LogP) is 0.946. The maximum absolute atomic E-state index is 11.4. The lowest BCUT2D eigenvalue weighted by molar-refractivity contribution is -0.122. The molecule has 1 aliphatic rings. The molecule has 1 atom stereocenters. The van der Waals surface area contributed by atoms with Gasteiger partial charge in [-0.05, 0) is 24.6 Å². The summed E-state index contributed by atoms with van der Waals surface area (Å²) >= 11 is 0. The number of carbonyl (C=O) groups is 1. The average molecular weight is 296 g/mol. The Balaban J connectivity index is 1.93. The Hall–Kier alpha value is -1.40. The molecule has 1 heterocycles. The number of nitrogens with zero attached hydrogens (tertiary/aromatic N) is 1. The Morgan fingerprint density at radius 3 is 2.70 bits per heavy atom. The molecule has 1 aromatic carbocycles. The van der Waals surface area contributed by atoms with Crippen LogP contribution in [0, 0.1) is 0 Å². The van der Waals surface area contributed by atoms with Crippen LogP contribution in [-0.4, -0.2) is 38.9 Å². The first-order valence-electron chi connectivity index (χ1n) is 6.65. The zero-order valence-electron chi connectivity index (χ0n) is 11.8. The lowest BCUT2D eigenvalue weighted by atomic mass is 10.1. The van der Waals surface area contributed by atoms with Crippen molar-refractivity contribution in [1.29, 1.82) is 0 Å². The molecule has 1 aromatic rings. The number of rotatable bonds is 6. The second kappa shape index (κ2) is 5.93. The van der Waals surface area contributed by atoms with Gasteiger partial charge in [-0.25, -0.2) is 8.42 Å². The van der Waals surface area contributed by atoms with E-state index in [4.69, 9.17) is 0 Å². The van der Waals surface area contributed by atoms with Crippen LogP contribution in [0.25, 0.3) is 0 Å². The summed E-state index contributed by atoms with van der Waals surface area (Å²) in [4.78, 5) is 13.2. The molecule has 0 aromatic heterocycles. The minimum absolute atomic E-state index is 0.0979. The van der Waals surface area contributed by atoms with Crippen LogP contribution in [-0.2, 0) is 21.2 Å². The summed E-state index contributed by atoms with van der Waals surface area (Å²) in [5.74, 6) is 0.276. The molecule has 1 aliphatic heterocycles. The summed E-state index contributed by atoms with van der Waals surface area (Å²) in [5.41, 5.74) is 1.96. The molecule has 0 radical (unpaired) electrons. The van der Waals surface area contributed by atoms with Crippen LogP contribution in [0.3, 0.4) is 0 Å². The molecule has 0 bridgehead atoms. The Labute approximate surface area is 119 Å². The molecular weight excluding hydrogens is 276 g/mol. The van der Waals surface area contributed by atoms with Gasteiger partial charge in [-0.3, -0.25) is 4.79 Å². The smallest absolute Gasteiger partial charge is 0.228 e. The van der Waals surface area contributed by atoms with Crippen LogP contribution in [0.1, 0.15) is 18.9 Å². The molecule has 6 heteroatoms. The number of carbonyl (C=O) groups excluding carboxylic acids is 1. The van der Waals surface area contributed by atoms with Crippen molar-refractivity contribution < 1.29 is 13.2 Å². The minimum atomic E-state index is -2.97. The fraction of sp³-hybridized carbons (Fsp3) is 0.500. The lowest BCUT2D eigenvalue weighted by Crippen LogP contribution is -2.43. The highest BCUT2D eigenvalue weighted by Gasteiger charge is 2.25. The van der Waals surface area contributed by atoms with Gasteiger partial charge in [0.15, 0.2) is 0 Å². The van der Waals surface area contributed by atoms with Gasteiger partial charge in [0.25, 0.3) is 0 Å². The molecule has 1 saturated heterocycles. The van der Waals surface area contributed by atoms with Gasteiger partial charge in [0, 0.05) is 37.5 Å². The first kappa shape index (κ1) is 15.0. The van der Waals surface area contributed by atoms with E-state index in [0.717, 1.165) is 17.8 Å². The standard InChI is InChI=1S/C14H20N2O3S/c1-11(10-20(2,18)19)15-9-12-4-3-5-13(8-12)16-7-6-14(16)17/h3-5,8,11,15H,6-7,9-10H2,1-2H3/t11-/m1/s1. The quantitative estimate of drug-likeness (QED) is 0.794. The maximum atomic E-state index is 11.4. The number of β-lactam (4-membered cyclic amide) rings is 1. The van der Waals surface area contributed by atoms with Crippen LogP contribution in [0.4, 0.5) is 5.69 Å². The molecule has 1 N–H and O–H groups in total. The molecule has 110 valence electrons. The van der Waals surface area contributed by atoms with Crippen LogP contribution >= 0.6 is 0 Å². The topological polar surface area (TPSA) is 66.5 Å². The van der Waals surface area contributed by atoms with Crippen LogP contribution in [0.5, 0.6) is 0 Å². The van der Waals surface area contributed by atoms with Gasteiger partial charge in [0.1, 0.15) is 9.84 Å². The first-order chi connectivity index (χ1) is 9.35. The number of anilines is 1. The molecule has 1 fully saturated rings. The van der Waals surface area contributed by atoms with Gasteiger partial charge >= 0.3 is 0 Å². The third-order valence-corrected chi connectivity index (χ3v) is 4.39. The van der Waals surface area contributed by atoms with Gasteiger partial charge < -0.3 is 10.2 Å². The van der Waals surface area contributed by atoms with E-state index in [2.05, 4.69) is 5.32 Å². The van der Waals surface area contributed by atoms with E-state index < -0.39 is 9.84 Å². The Kier molecular flexibility index (Phi) is 4.45. The number of hydrogen-bond donors (Lipinski definition) is 1. The Bertz CT molecular complexity index is 598. The molecular formula is C14H20N2O3S. The minimum Gasteiger partial charge on any atom is -0.312 e. The molecule has 0 unspecified atom stereocenters. The highest BCUT2D eigenvalue weighted by Crippen LogP contribution is 2.22. The summed E-state index contributed by atoms with van der Waals surface area (Å²) in [6.07, 6.45) is 1.86. The Morgan fingerprint density at radius 1 is 1.40 bits per heavy atom. The van der Waals surface area contributed by atoms with E-state index in [1.807, 2.05) is 31.2 Å². The van der Waals surface area contributed by atoms with E-state index in [-0.39, 0.29) is 17.7 Å². The number of benzene rings is 1. The molecule has 20 heavy (non-hydrogen) atoms. The van der Waals surface area contributed by atoms with E-state index >= 15 is 0 Å². The highest BCUT2D eigenvalue weighted by molar-refractivity contribution is 7.90. The van der Waals surface area contributed by atoms with Gasteiger partial charge in [-0.15, -0.1) is 0 Å². The second-order valence-corrected chi connectivity index (χ2v) is 7.52. The fourth-order valence-corrected chi connectivity index (χ4v) is 3.25. The first-order valence-corrected chi connectivity index (χ1v) is 8.71. The second-order valence-electron chi connectivity index (χ2n) is 5.34. The van der Waals surface area contributed by atoms with E-state index in [9.17, 15) is 13.2 Å². The number of hydrogen-bond acceptors (Lipinski definition) is 4. The summed E-state index contributed by atoms with van der Waals surface area (Å²) in [5, 5.41) is 3.19. The third kappa shape index (κ3) is 4.05. The molecule has 0 aliphatic carbocycles. The van der Waals surface area contributed by atoms with Gasteiger partial charge in [0.2, 0.25) is 5.91 Å². The summed E-state index contributed by atoms with van der Waals surface area (Å²) < 4.78 is 22.4. The number of amides is 1. The SMILES string of the molecule is C[C@H](CS(C)(=O)=O)NCc1cccc(N2CCC2=O)c1. The molecule has 0 spiro atoms. The summed E-state index contributed by atoms with van der Waals surface area (Å²) in [6.45, 7) is 3.22. The third-order valence-electron chi connectivity index (χ3n) is 3.28. The average Bonchev–Trinajstić information content (AvgIpc) is 2.33. The van der Waals surface area contributed by atoms with Crippen molar-refractivity contribution in [2.45, 2.75) is 25.9 Å². The number of sulfone groups is 1. The Morgan fingerprint density at radius 2 is 2.15 bits per heavy atom. The van der Waals surface area contributed by atoms with E-state index in [1.54, 1.807) is 4.90 Å². The molecule has 5 nitrogen and oxygen atoms in total. The van der Waals surface area contributed by atoms with Crippen molar-refractivity contribution in [3.05, 3.63) is 29.8 Å². The van der Waals surface area contributed by atoms with Crippen LogP contribution < -0.4 is 10.2 Å². The van der Waals surface area contributed by atoms with Crippen molar-refractivity contribution in [2.24, 2.45) is 0 Å². The van der Waals surface area contributed by atoms with Crippen molar-refractivity contribution in [2.75, 3.05) is 23.5 Å². The molecule has 0 saturated carbocycles. The van der Waals surface area contributed by atoms with E-state index in [0.29, 0.717) is 13.0 Å². The zero-order valence-corrected chi connectivity index (χ0v) is 12.6. The lowest BCUT2D eigenvalue weighted by Gasteiger charge is -2.31. The van der Waals surface area contributed by atoms with Crippen LogP contribution in [0.2, 0.25) is 0 Å².